The van der Waals surface area contributed by atoms with Gasteiger partial charge in [0.2, 0.25) is 0 Å². The second-order valence-electron chi connectivity index (χ2n) is 10.1. The van der Waals surface area contributed by atoms with Gasteiger partial charge in [-0.1, -0.05) is 42.0 Å². The van der Waals surface area contributed by atoms with E-state index in [0.717, 1.165) is 43.9 Å². The molecule has 5 rings (SSSR count). The molecule has 6 nitrogen and oxygen atoms in total. The van der Waals surface area contributed by atoms with Crippen LogP contribution in [0, 0.1) is 19.8 Å². The number of carbonyl (C=O) groups is 1. The van der Waals surface area contributed by atoms with Crippen LogP contribution >= 0.6 is 0 Å². The van der Waals surface area contributed by atoms with Crippen LogP contribution in [0.25, 0.3) is 11.1 Å². The van der Waals surface area contributed by atoms with Crippen molar-refractivity contribution in [2.45, 2.75) is 39.8 Å². The molecule has 0 aliphatic carbocycles. The summed E-state index contributed by atoms with van der Waals surface area (Å²) < 4.78 is 1.81. The fourth-order valence-corrected chi connectivity index (χ4v) is 5.62. The van der Waals surface area contributed by atoms with Crippen LogP contribution in [0.3, 0.4) is 0 Å². The van der Waals surface area contributed by atoms with Gasteiger partial charge < -0.3 is 4.57 Å². The van der Waals surface area contributed by atoms with Gasteiger partial charge in [-0.25, -0.2) is 5.43 Å². The molecule has 1 aromatic heterocycles. The predicted octanol–water partition coefficient (Wildman–Crippen LogP) is 3.70. The van der Waals surface area contributed by atoms with Crippen molar-refractivity contribution in [1.29, 1.82) is 0 Å². The van der Waals surface area contributed by atoms with Crippen molar-refractivity contribution in [2.24, 2.45) is 13.0 Å². The Morgan fingerprint density at radius 2 is 1.94 bits per heavy atom. The zero-order chi connectivity index (χ0) is 24.7. The smallest absolute Gasteiger partial charge is 0.258 e. The van der Waals surface area contributed by atoms with Crippen molar-refractivity contribution in [3.8, 4) is 11.1 Å². The predicted molar refractivity (Wildman–Crippen MR) is 139 cm³/mol. The molecule has 2 aliphatic rings. The third-order valence-electron chi connectivity index (χ3n) is 7.62. The zero-order valence-electron chi connectivity index (χ0n) is 21.0. The maximum absolute atomic E-state index is 13.2. The standard InChI is InChI=1S/C29H34N4O2/c1-18-8-9-19(2)25(12-18)28-24(15-30-31-28)17-33-11-10-27-23(16-33)14-26(29(35)32(27)4)22-7-5-6-21(13-22)20(3)34/h5-9,12-14,24,28,30-31H,10-11,15-17H2,1-4H3. The fourth-order valence-electron chi connectivity index (χ4n) is 5.62. The molecule has 2 atom stereocenters. The molecule has 1 fully saturated rings. The molecule has 2 unspecified atom stereocenters. The van der Waals surface area contributed by atoms with E-state index >= 15 is 0 Å². The highest BCUT2D eigenvalue weighted by Gasteiger charge is 2.32. The van der Waals surface area contributed by atoms with E-state index in [2.05, 4.69) is 53.9 Å². The van der Waals surface area contributed by atoms with Gasteiger partial charge in [0.1, 0.15) is 0 Å². The molecule has 1 saturated heterocycles. The van der Waals surface area contributed by atoms with Gasteiger partial charge >= 0.3 is 0 Å². The molecule has 3 aromatic rings. The summed E-state index contributed by atoms with van der Waals surface area (Å²) in [6.45, 7) is 9.56. The van der Waals surface area contributed by atoms with E-state index < -0.39 is 0 Å². The van der Waals surface area contributed by atoms with Gasteiger partial charge in [-0.2, -0.15) is 0 Å². The number of aromatic nitrogens is 1. The van der Waals surface area contributed by atoms with Gasteiger partial charge in [0.05, 0.1) is 6.04 Å². The number of hydrogen-bond donors (Lipinski definition) is 2. The summed E-state index contributed by atoms with van der Waals surface area (Å²) in [6, 6.07) is 16.4. The Bertz CT molecular complexity index is 1340. The van der Waals surface area contributed by atoms with Gasteiger partial charge in [0.15, 0.2) is 5.78 Å². The molecular formula is C29H34N4O2. The van der Waals surface area contributed by atoms with Crippen molar-refractivity contribution < 1.29 is 4.79 Å². The Morgan fingerprint density at radius 3 is 2.74 bits per heavy atom. The van der Waals surface area contributed by atoms with E-state index in [1.54, 1.807) is 17.6 Å². The molecular weight excluding hydrogens is 436 g/mol. The van der Waals surface area contributed by atoms with Crippen LogP contribution in [0.2, 0.25) is 0 Å². The summed E-state index contributed by atoms with van der Waals surface area (Å²) in [5.41, 5.74) is 15.3. The summed E-state index contributed by atoms with van der Waals surface area (Å²) in [5, 5.41) is 0. The topological polar surface area (TPSA) is 66.4 Å². The number of nitrogens with zero attached hydrogens (tertiary/aromatic N) is 2. The van der Waals surface area contributed by atoms with Gasteiger partial charge in [0, 0.05) is 62.4 Å². The molecule has 0 amide bonds. The van der Waals surface area contributed by atoms with E-state index in [1.807, 2.05) is 25.2 Å². The van der Waals surface area contributed by atoms with Crippen molar-refractivity contribution >= 4 is 5.78 Å². The van der Waals surface area contributed by atoms with Crippen LogP contribution in [-0.4, -0.2) is 34.9 Å². The maximum atomic E-state index is 13.2. The summed E-state index contributed by atoms with van der Waals surface area (Å²) in [4.78, 5) is 27.6. The number of Topliss-reactive ketones (excluding diaryl/α,β-unsaturated/α-hetero) is 1. The number of hydrogen-bond acceptors (Lipinski definition) is 5. The average molecular weight is 471 g/mol. The summed E-state index contributed by atoms with van der Waals surface area (Å²) in [7, 11) is 1.87. The number of fused-ring (bicyclic) bond motifs is 1. The Labute approximate surface area is 206 Å². The van der Waals surface area contributed by atoms with E-state index in [9.17, 15) is 9.59 Å². The lowest BCUT2D eigenvalue weighted by atomic mass is 9.90. The largest absolute Gasteiger partial charge is 0.315 e. The monoisotopic (exact) mass is 470 g/mol. The third-order valence-corrected chi connectivity index (χ3v) is 7.62. The number of pyridine rings is 1. The molecule has 2 N–H and O–H groups in total. The lowest BCUT2D eigenvalue weighted by Crippen LogP contribution is -2.39. The molecule has 2 aliphatic heterocycles. The number of aryl methyl sites for hydroxylation is 2. The van der Waals surface area contributed by atoms with Crippen LogP contribution < -0.4 is 16.4 Å². The van der Waals surface area contributed by atoms with Crippen LogP contribution in [0.5, 0.6) is 0 Å². The average Bonchev–Trinajstić information content (AvgIpc) is 3.30. The number of nitrogens with one attached hydrogen (secondary N) is 2. The molecule has 0 spiro atoms. The highest BCUT2D eigenvalue weighted by atomic mass is 16.1. The molecule has 0 radical (unpaired) electrons. The number of carbonyl (C=O) groups excluding carboxylic acids is 1. The number of ketones is 1. The van der Waals surface area contributed by atoms with Crippen LogP contribution in [0.4, 0.5) is 0 Å². The van der Waals surface area contributed by atoms with Crippen LogP contribution in [0.1, 0.15) is 51.3 Å². The summed E-state index contributed by atoms with van der Waals surface area (Å²) >= 11 is 0. The molecule has 6 heteroatoms. The van der Waals surface area contributed by atoms with E-state index in [0.29, 0.717) is 17.0 Å². The quantitative estimate of drug-likeness (QED) is 0.557. The molecule has 3 heterocycles. The normalized spacial score (nSPS) is 20.1. The first-order valence-corrected chi connectivity index (χ1v) is 12.4. The number of benzene rings is 2. The first-order chi connectivity index (χ1) is 16.8. The van der Waals surface area contributed by atoms with E-state index in [1.165, 1.54) is 22.3 Å². The van der Waals surface area contributed by atoms with Crippen LogP contribution in [-0.2, 0) is 20.0 Å². The van der Waals surface area contributed by atoms with Crippen molar-refractivity contribution in [2.75, 3.05) is 19.6 Å². The van der Waals surface area contributed by atoms with Gasteiger partial charge in [-0.05, 0) is 55.2 Å². The summed E-state index contributed by atoms with van der Waals surface area (Å²) in [5.74, 6) is 0.460. The van der Waals surface area contributed by atoms with E-state index in [4.69, 9.17) is 0 Å². The molecule has 182 valence electrons. The maximum Gasteiger partial charge on any atom is 0.258 e. The second kappa shape index (κ2) is 9.53. The Balaban J connectivity index is 1.41. The molecule has 0 bridgehead atoms. The van der Waals surface area contributed by atoms with Crippen molar-refractivity contribution in [1.82, 2.24) is 20.3 Å². The minimum atomic E-state index is -0.00270. The minimum Gasteiger partial charge on any atom is -0.315 e. The minimum absolute atomic E-state index is 0.00270. The SMILES string of the molecule is CC(=O)c1cccc(-c2cc3c(n(C)c2=O)CCN(CC2CNNC2c2cc(C)ccc2C)C3)c1. The van der Waals surface area contributed by atoms with Gasteiger partial charge in [-0.3, -0.25) is 19.9 Å². The lowest BCUT2D eigenvalue weighted by molar-refractivity contribution is 0.101. The summed E-state index contributed by atoms with van der Waals surface area (Å²) in [6.07, 6.45) is 0.858. The highest BCUT2D eigenvalue weighted by molar-refractivity contribution is 5.95. The van der Waals surface area contributed by atoms with Crippen molar-refractivity contribution in [3.05, 3.63) is 92.4 Å². The fraction of sp³-hybridized carbons (Fsp3) is 0.379. The molecule has 35 heavy (non-hydrogen) atoms. The first kappa shape index (κ1) is 23.7. The van der Waals surface area contributed by atoms with E-state index in [-0.39, 0.29) is 17.4 Å². The Hall–Kier alpha value is -3.06. The first-order valence-electron chi connectivity index (χ1n) is 12.4. The highest BCUT2D eigenvalue weighted by Crippen LogP contribution is 2.31. The number of rotatable bonds is 5. The Kier molecular flexibility index (Phi) is 6.45. The Morgan fingerprint density at radius 1 is 1.11 bits per heavy atom. The molecule has 0 saturated carbocycles. The second-order valence-corrected chi connectivity index (χ2v) is 10.1. The van der Waals surface area contributed by atoms with Gasteiger partial charge in [0.25, 0.3) is 5.56 Å². The zero-order valence-corrected chi connectivity index (χ0v) is 21.0. The lowest BCUT2D eigenvalue weighted by Gasteiger charge is -2.33. The van der Waals surface area contributed by atoms with Crippen LogP contribution in [0.15, 0.2) is 53.3 Å². The van der Waals surface area contributed by atoms with Gasteiger partial charge in [-0.15, -0.1) is 0 Å². The molecule has 2 aromatic carbocycles. The van der Waals surface area contributed by atoms with Crippen molar-refractivity contribution in [3.63, 3.8) is 0 Å². The third kappa shape index (κ3) is 4.61. The number of hydrazine groups is 1.